The van der Waals surface area contributed by atoms with Crippen LogP contribution in [-0.2, 0) is 6.54 Å². The van der Waals surface area contributed by atoms with Gasteiger partial charge in [0.1, 0.15) is 5.00 Å². The molecule has 4 N–H and O–H groups in total. The molecule has 0 saturated heterocycles. The first kappa shape index (κ1) is 11.5. The van der Waals surface area contributed by atoms with Crippen LogP contribution in [0.25, 0.3) is 0 Å². The van der Waals surface area contributed by atoms with E-state index >= 15 is 0 Å². The Morgan fingerprint density at radius 3 is 3.12 bits per heavy atom. The standard InChI is InChI=1S/C8H10N4OS3/c1-14-5-6(9)12-16-7(5)10-2-4-3-15-8(13)11-4/h3,10H,2H2,1H3,(H2,9,12)(H,11,13). The number of thioether (sulfide) groups is 1. The normalized spacial score (nSPS) is 10.6. The Hall–Kier alpha value is -0.990. The topological polar surface area (TPSA) is 83.8 Å². The molecular weight excluding hydrogens is 264 g/mol. The van der Waals surface area contributed by atoms with E-state index in [0.29, 0.717) is 12.4 Å². The number of nitrogens with one attached hydrogen (secondary N) is 2. The van der Waals surface area contributed by atoms with Crippen LogP contribution in [0, 0.1) is 0 Å². The van der Waals surface area contributed by atoms with E-state index < -0.39 is 0 Å². The number of hydrogen-bond donors (Lipinski definition) is 3. The largest absolute Gasteiger partial charge is 0.382 e. The van der Waals surface area contributed by atoms with Crippen LogP contribution in [0.3, 0.4) is 0 Å². The van der Waals surface area contributed by atoms with E-state index in [1.165, 1.54) is 11.5 Å². The van der Waals surface area contributed by atoms with Gasteiger partial charge in [0.05, 0.1) is 11.4 Å². The maximum Gasteiger partial charge on any atom is 0.304 e. The Balaban J connectivity index is 2.07. The maximum atomic E-state index is 10.9. The molecule has 0 spiro atoms. The molecule has 86 valence electrons. The lowest BCUT2D eigenvalue weighted by Crippen LogP contribution is -2.02. The summed E-state index contributed by atoms with van der Waals surface area (Å²) in [6, 6.07) is 0. The van der Waals surface area contributed by atoms with E-state index in [4.69, 9.17) is 5.73 Å². The molecule has 0 radical (unpaired) electrons. The molecule has 0 saturated carbocycles. The zero-order valence-corrected chi connectivity index (χ0v) is 10.9. The average Bonchev–Trinajstić information content (AvgIpc) is 2.82. The third-order valence-electron chi connectivity index (χ3n) is 1.89. The van der Waals surface area contributed by atoms with Gasteiger partial charge in [-0.1, -0.05) is 11.3 Å². The minimum absolute atomic E-state index is 0.0364. The van der Waals surface area contributed by atoms with Crippen molar-refractivity contribution in [2.75, 3.05) is 17.3 Å². The van der Waals surface area contributed by atoms with Crippen molar-refractivity contribution >= 4 is 45.5 Å². The number of H-pyrrole nitrogens is 1. The van der Waals surface area contributed by atoms with Gasteiger partial charge in [-0.25, -0.2) is 0 Å². The molecule has 0 bridgehead atoms. The molecule has 2 rings (SSSR count). The Morgan fingerprint density at radius 2 is 2.50 bits per heavy atom. The fourth-order valence-electron chi connectivity index (χ4n) is 1.18. The van der Waals surface area contributed by atoms with Gasteiger partial charge in [0.15, 0.2) is 5.82 Å². The summed E-state index contributed by atoms with van der Waals surface area (Å²) >= 11 is 4.05. The first-order valence-electron chi connectivity index (χ1n) is 4.40. The van der Waals surface area contributed by atoms with Crippen molar-refractivity contribution in [3.8, 4) is 0 Å². The lowest BCUT2D eigenvalue weighted by Gasteiger charge is -2.03. The smallest absolute Gasteiger partial charge is 0.304 e. The van der Waals surface area contributed by atoms with E-state index in [1.807, 2.05) is 6.26 Å². The number of nitrogens with two attached hydrogens (primary N) is 1. The predicted octanol–water partition coefficient (Wildman–Crippen LogP) is 1.81. The van der Waals surface area contributed by atoms with Gasteiger partial charge in [-0.2, -0.15) is 4.37 Å². The van der Waals surface area contributed by atoms with E-state index in [9.17, 15) is 4.79 Å². The molecule has 2 aromatic rings. The fourth-order valence-corrected chi connectivity index (χ4v) is 3.30. The lowest BCUT2D eigenvalue weighted by atomic mass is 10.5. The van der Waals surface area contributed by atoms with Crippen molar-refractivity contribution in [2.24, 2.45) is 0 Å². The number of anilines is 2. The summed E-state index contributed by atoms with van der Waals surface area (Å²) in [6.45, 7) is 0.577. The second kappa shape index (κ2) is 4.89. The van der Waals surface area contributed by atoms with Crippen molar-refractivity contribution in [3.05, 3.63) is 20.7 Å². The van der Waals surface area contributed by atoms with Gasteiger partial charge in [0.2, 0.25) is 0 Å². The molecule has 16 heavy (non-hydrogen) atoms. The van der Waals surface area contributed by atoms with Crippen molar-refractivity contribution < 1.29 is 0 Å². The number of nitrogens with zero attached hydrogens (tertiary/aromatic N) is 1. The Bertz CT molecular complexity index is 529. The van der Waals surface area contributed by atoms with Crippen LogP contribution < -0.4 is 15.9 Å². The zero-order valence-electron chi connectivity index (χ0n) is 8.44. The molecular formula is C8H10N4OS3. The minimum atomic E-state index is -0.0364. The highest BCUT2D eigenvalue weighted by atomic mass is 32.2. The lowest BCUT2D eigenvalue weighted by molar-refractivity contribution is 1.06. The van der Waals surface area contributed by atoms with Crippen molar-refractivity contribution in [2.45, 2.75) is 11.4 Å². The third-order valence-corrected chi connectivity index (χ3v) is 4.38. The van der Waals surface area contributed by atoms with Gasteiger partial charge in [-0.15, -0.1) is 11.8 Å². The molecule has 0 atom stereocenters. The van der Waals surface area contributed by atoms with Crippen LogP contribution in [0.4, 0.5) is 10.8 Å². The molecule has 5 nitrogen and oxygen atoms in total. The predicted molar refractivity (Wildman–Crippen MR) is 70.6 cm³/mol. The van der Waals surface area contributed by atoms with Crippen molar-refractivity contribution in [3.63, 3.8) is 0 Å². The summed E-state index contributed by atoms with van der Waals surface area (Å²) in [5.41, 5.74) is 6.58. The number of aromatic nitrogens is 2. The first-order chi connectivity index (χ1) is 7.70. The highest BCUT2D eigenvalue weighted by Gasteiger charge is 2.09. The molecule has 0 aliphatic heterocycles. The highest BCUT2D eigenvalue weighted by molar-refractivity contribution is 7.99. The highest BCUT2D eigenvalue weighted by Crippen LogP contribution is 2.34. The van der Waals surface area contributed by atoms with Crippen LogP contribution in [0.1, 0.15) is 5.69 Å². The van der Waals surface area contributed by atoms with E-state index in [1.54, 1.807) is 17.1 Å². The molecule has 8 heteroatoms. The summed E-state index contributed by atoms with van der Waals surface area (Å²) in [6.07, 6.45) is 1.96. The van der Waals surface area contributed by atoms with Crippen molar-refractivity contribution in [1.29, 1.82) is 0 Å². The summed E-state index contributed by atoms with van der Waals surface area (Å²) in [7, 11) is 0. The van der Waals surface area contributed by atoms with Crippen molar-refractivity contribution in [1.82, 2.24) is 9.36 Å². The van der Waals surface area contributed by atoms with Crippen LogP contribution in [-0.4, -0.2) is 15.6 Å². The fraction of sp³-hybridized carbons (Fsp3) is 0.250. The van der Waals surface area contributed by atoms with E-state index in [-0.39, 0.29) is 4.87 Å². The molecule has 2 heterocycles. The Kier molecular flexibility index (Phi) is 3.52. The van der Waals surface area contributed by atoms with Gasteiger partial charge < -0.3 is 16.0 Å². The van der Waals surface area contributed by atoms with Gasteiger partial charge in [0.25, 0.3) is 0 Å². The molecule has 2 aromatic heterocycles. The maximum absolute atomic E-state index is 10.9. The average molecular weight is 274 g/mol. The monoisotopic (exact) mass is 274 g/mol. The number of aromatic amines is 1. The minimum Gasteiger partial charge on any atom is -0.382 e. The Morgan fingerprint density at radius 1 is 1.69 bits per heavy atom. The number of thiazole rings is 1. The first-order valence-corrected chi connectivity index (χ1v) is 7.28. The zero-order chi connectivity index (χ0) is 11.5. The molecule has 0 aromatic carbocycles. The number of hydrogen-bond acceptors (Lipinski definition) is 7. The second-order valence-electron chi connectivity index (χ2n) is 2.96. The summed E-state index contributed by atoms with van der Waals surface area (Å²) in [5.74, 6) is 0.554. The number of nitrogen functional groups attached to an aromatic ring is 1. The van der Waals surface area contributed by atoms with Crippen LogP contribution in [0.5, 0.6) is 0 Å². The summed E-state index contributed by atoms with van der Waals surface area (Å²) in [4.78, 5) is 14.6. The molecule has 0 aliphatic carbocycles. The van der Waals surface area contributed by atoms with E-state index in [2.05, 4.69) is 14.7 Å². The molecule has 0 amide bonds. The molecule has 0 unspecified atom stereocenters. The third kappa shape index (κ3) is 2.39. The van der Waals surface area contributed by atoms with Gasteiger partial charge in [-0.3, -0.25) is 4.79 Å². The quantitative estimate of drug-likeness (QED) is 0.741. The van der Waals surface area contributed by atoms with Gasteiger partial charge >= 0.3 is 4.87 Å². The molecule has 0 fully saturated rings. The van der Waals surface area contributed by atoms with Crippen LogP contribution in [0.15, 0.2) is 15.1 Å². The summed E-state index contributed by atoms with van der Waals surface area (Å²) < 4.78 is 4.07. The SMILES string of the molecule is CSc1c(N)nsc1NCc1csc(=O)[nH]1. The van der Waals surface area contributed by atoms with Crippen LogP contribution in [0.2, 0.25) is 0 Å². The van der Waals surface area contributed by atoms with Gasteiger partial charge in [-0.05, 0) is 17.8 Å². The van der Waals surface area contributed by atoms with Gasteiger partial charge in [0, 0.05) is 11.1 Å². The van der Waals surface area contributed by atoms with Crippen LogP contribution >= 0.6 is 34.6 Å². The number of rotatable bonds is 4. The Labute approximate surface area is 104 Å². The van der Waals surface area contributed by atoms with E-state index in [0.717, 1.165) is 26.9 Å². The summed E-state index contributed by atoms with van der Waals surface area (Å²) in [5, 5.41) is 5.95. The second-order valence-corrected chi connectivity index (χ2v) is 5.39. The molecule has 0 aliphatic rings.